The number of rotatable bonds is 10. The molecule has 11 heteroatoms. The summed E-state index contributed by atoms with van der Waals surface area (Å²) in [6.45, 7) is 3.90. The molecule has 0 fully saturated rings. The molecule has 44 heavy (non-hydrogen) atoms. The number of methoxy groups -OCH3 is 3. The molecule has 3 aromatic carbocycles. The molecule has 230 valence electrons. The van der Waals surface area contributed by atoms with Crippen molar-refractivity contribution in [3.63, 3.8) is 0 Å². The SMILES string of the molecule is COC(=O)C1=C(C)NC(C)=C(c2nc(CNC(c3ccc(OC)cc3)c3ccc(OC)cc3)no2)C1c1cccc(F)c1.Cl. The van der Waals surface area contributed by atoms with Gasteiger partial charge in [0.25, 0.3) is 5.89 Å². The van der Waals surface area contributed by atoms with Gasteiger partial charge in [0, 0.05) is 17.0 Å². The molecule has 0 bridgehead atoms. The lowest BCUT2D eigenvalue weighted by atomic mass is 9.80. The first-order chi connectivity index (χ1) is 20.8. The molecule has 0 saturated heterocycles. The number of aromatic nitrogens is 2. The number of esters is 1. The van der Waals surface area contributed by atoms with Crippen LogP contribution in [0.3, 0.4) is 0 Å². The van der Waals surface area contributed by atoms with Crippen molar-refractivity contribution in [1.29, 1.82) is 0 Å². The molecule has 2 N–H and O–H groups in total. The third kappa shape index (κ3) is 6.77. The number of hydrogen-bond acceptors (Lipinski definition) is 9. The van der Waals surface area contributed by atoms with Gasteiger partial charge in [0.2, 0.25) is 0 Å². The largest absolute Gasteiger partial charge is 0.497 e. The van der Waals surface area contributed by atoms with E-state index in [-0.39, 0.29) is 30.9 Å². The first kappa shape index (κ1) is 32.2. The Morgan fingerprint density at radius 1 is 0.955 bits per heavy atom. The molecule has 1 unspecified atom stereocenters. The molecule has 2 heterocycles. The number of nitrogens with zero attached hydrogens (tertiary/aromatic N) is 2. The Morgan fingerprint density at radius 3 is 2.11 bits per heavy atom. The number of ether oxygens (including phenoxy) is 3. The lowest BCUT2D eigenvalue weighted by Crippen LogP contribution is -2.28. The van der Waals surface area contributed by atoms with E-state index in [0.717, 1.165) is 22.6 Å². The van der Waals surface area contributed by atoms with Crippen LogP contribution in [0.2, 0.25) is 0 Å². The van der Waals surface area contributed by atoms with Crippen LogP contribution in [-0.4, -0.2) is 37.4 Å². The second kappa shape index (κ2) is 14.2. The molecule has 1 aliphatic rings. The van der Waals surface area contributed by atoms with Gasteiger partial charge in [-0.1, -0.05) is 41.6 Å². The normalized spacial score (nSPS) is 14.7. The fourth-order valence-corrected chi connectivity index (χ4v) is 5.33. The standard InChI is InChI=1S/C33H33FN4O5.ClH/c1-19-28(30(23-7-6-8-24(34)17-23)29(20(2)36-19)33(39)42-5)32-37-27(38-43-32)18-35-31(21-9-13-25(40-3)14-10-21)22-11-15-26(41-4)16-12-22;/h6-17,30-31,35-36H,18H2,1-5H3;1H. The fraction of sp³-hybridized carbons (Fsp3) is 0.242. The number of dihydropyridines is 1. The van der Waals surface area contributed by atoms with Crippen molar-refractivity contribution in [2.24, 2.45) is 0 Å². The summed E-state index contributed by atoms with van der Waals surface area (Å²) >= 11 is 0. The van der Waals surface area contributed by atoms with Gasteiger partial charge < -0.3 is 24.1 Å². The van der Waals surface area contributed by atoms with Crippen molar-refractivity contribution in [2.75, 3.05) is 21.3 Å². The van der Waals surface area contributed by atoms with Crippen molar-refractivity contribution in [3.8, 4) is 11.5 Å². The van der Waals surface area contributed by atoms with E-state index in [0.29, 0.717) is 33.9 Å². The summed E-state index contributed by atoms with van der Waals surface area (Å²) < 4.78 is 35.9. The molecule has 1 atom stereocenters. The molecule has 9 nitrogen and oxygen atoms in total. The molecule has 1 aliphatic heterocycles. The summed E-state index contributed by atoms with van der Waals surface area (Å²) in [6, 6.07) is 21.5. The van der Waals surface area contributed by atoms with E-state index in [9.17, 15) is 9.18 Å². The van der Waals surface area contributed by atoms with E-state index >= 15 is 0 Å². The van der Waals surface area contributed by atoms with Gasteiger partial charge in [0.15, 0.2) is 5.82 Å². The zero-order valence-electron chi connectivity index (χ0n) is 25.0. The lowest BCUT2D eigenvalue weighted by molar-refractivity contribution is -0.136. The second-order valence-electron chi connectivity index (χ2n) is 10.1. The van der Waals surface area contributed by atoms with E-state index in [1.165, 1.54) is 19.2 Å². The summed E-state index contributed by atoms with van der Waals surface area (Å²) in [4.78, 5) is 17.6. The van der Waals surface area contributed by atoms with Gasteiger partial charge >= 0.3 is 5.97 Å². The van der Waals surface area contributed by atoms with Gasteiger partial charge in [-0.05, 0) is 66.9 Å². The maximum Gasteiger partial charge on any atom is 0.336 e. The Morgan fingerprint density at radius 2 is 1.57 bits per heavy atom. The predicted molar refractivity (Wildman–Crippen MR) is 166 cm³/mol. The zero-order chi connectivity index (χ0) is 30.5. The highest BCUT2D eigenvalue weighted by atomic mass is 35.5. The van der Waals surface area contributed by atoms with Crippen LogP contribution in [0.15, 0.2) is 94.3 Å². The van der Waals surface area contributed by atoms with Crippen molar-refractivity contribution in [2.45, 2.75) is 32.4 Å². The summed E-state index contributed by atoms with van der Waals surface area (Å²) in [5, 5.41) is 11.0. The number of carbonyl (C=O) groups excluding carboxylic acids is 1. The number of carbonyl (C=O) groups is 1. The molecule has 5 rings (SSSR count). The van der Waals surface area contributed by atoms with E-state index < -0.39 is 17.7 Å². The molecule has 4 aromatic rings. The van der Waals surface area contributed by atoms with Crippen molar-refractivity contribution < 1.29 is 27.9 Å². The van der Waals surface area contributed by atoms with Crippen molar-refractivity contribution in [3.05, 3.63) is 124 Å². The van der Waals surface area contributed by atoms with Gasteiger partial charge in [-0.25, -0.2) is 9.18 Å². The highest BCUT2D eigenvalue weighted by Crippen LogP contribution is 2.43. The van der Waals surface area contributed by atoms with Gasteiger partial charge in [-0.2, -0.15) is 4.98 Å². The van der Waals surface area contributed by atoms with Gasteiger partial charge in [0.05, 0.1) is 45.4 Å². The topological polar surface area (TPSA) is 108 Å². The lowest BCUT2D eigenvalue weighted by Gasteiger charge is -2.29. The molecular weight excluding hydrogens is 587 g/mol. The molecular formula is C33H34ClFN4O5. The van der Waals surface area contributed by atoms with Crippen LogP contribution in [0, 0.1) is 5.82 Å². The van der Waals surface area contributed by atoms with Gasteiger partial charge in [-0.3, -0.25) is 5.32 Å². The maximum absolute atomic E-state index is 14.4. The zero-order valence-corrected chi connectivity index (χ0v) is 25.8. The Bertz CT molecular complexity index is 1620. The summed E-state index contributed by atoms with van der Waals surface area (Å²) in [7, 11) is 4.57. The molecule has 0 saturated carbocycles. The molecule has 0 amide bonds. The van der Waals surface area contributed by atoms with Crippen LogP contribution in [0.1, 0.15) is 54.2 Å². The third-order valence-corrected chi connectivity index (χ3v) is 7.41. The van der Waals surface area contributed by atoms with Crippen LogP contribution in [-0.2, 0) is 16.1 Å². The average Bonchev–Trinajstić information content (AvgIpc) is 3.49. The van der Waals surface area contributed by atoms with Crippen LogP contribution in [0.25, 0.3) is 5.57 Å². The predicted octanol–water partition coefficient (Wildman–Crippen LogP) is 6.09. The number of allylic oxidation sites excluding steroid dienone is 3. The molecule has 0 aliphatic carbocycles. The minimum Gasteiger partial charge on any atom is -0.497 e. The van der Waals surface area contributed by atoms with Crippen LogP contribution >= 0.6 is 12.4 Å². The van der Waals surface area contributed by atoms with Crippen LogP contribution < -0.4 is 20.1 Å². The Balaban J connectivity index is 0.00000442. The summed E-state index contributed by atoms with van der Waals surface area (Å²) in [5.41, 5.74) is 4.80. The van der Waals surface area contributed by atoms with Gasteiger partial charge in [0.1, 0.15) is 17.3 Å². The second-order valence-corrected chi connectivity index (χ2v) is 10.1. The van der Waals surface area contributed by atoms with Gasteiger partial charge in [-0.15, -0.1) is 12.4 Å². The number of halogens is 2. The number of benzene rings is 3. The van der Waals surface area contributed by atoms with Crippen molar-refractivity contribution >= 4 is 23.9 Å². The number of hydrogen-bond donors (Lipinski definition) is 2. The third-order valence-electron chi connectivity index (χ3n) is 7.41. The minimum absolute atomic E-state index is 0. The Kier molecular flexibility index (Phi) is 10.4. The average molecular weight is 621 g/mol. The van der Waals surface area contributed by atoms with E-state index in [4.69, 9.17) is 23.7 Å². The maximum atomic E-state index is 14.4. The Hall–Kier alpha value is -4.67. The first-order valence-corrected chi connectivity index (χ1v) is 13.7. The fourth-order valence-electron chi connectivity index (χ4n) is 5.33. The molecule has 0 spiro atoms. The van der Waals surface area contributed by atoms with Crippen LogP contribution in [0.4, 0.5) is 4.39 Å². The Labute approximate surface area is 261 Å². The highest BCUT2D eigenvalue weighted by molar-refractivity contribution is 5.96. The number of nitrogens with one attached hydrogen (secondary N) is 2. The van der Waals surface area contributed by atoms with E-state index in [2.05, 4.69) is 15.8 Å². The summed E-state index contributed by atoms with van der Waals surface area (Å²) in [6.07, 6.45) is 0. The van der Waals surface area contributed by atoms with Crippen LogP contribution in [0.5, 0.6) is 11.5 Å². The van der Waals surface area contributed by atoms with E-state index in [1.54, 1.807) is 33.3 Å². The first-order valence-electron chi connectivity index (χ1n) is 13.7. The minimum atomic E-state index is -0.683. The van der Waals surface area contributed by atoms with E-state index in [1.807, 2.05) is 55.5 Å². The highest BCUT2D eigenvalue weighted by Gasteiger charge is 2.37. The quantitative estimate of drug-likeness (QED) is 0.204. The van der Waals surface area contributed by atoms with Crippen molar-refractivity contribution in [1.82, 2.24) is 20.8 Å². The monoisotopic (exact) mass is 620 g/mol. The molecule has 0 radical (unpaired) electrons. The molecule has 1 aromatic heterocycles. The smallest absolute Gasteiger partial charge is 0.336 e. The summed E-state index contributed by atoms with van der Waals surface area (Å²) in [5.74, 6) is 0.501.